The van der Waals surface area contributed by atoms with Crippen LogP contribution < -0.4 is 5.73 Å². The van der Waals surface area contributed by atoms with Gasteiger partial charge in [-0.1, -0.05) is 13.0 Å². The molecule has 0 fully saturated rings. The Morgan fingerprint density at radius 1 is 1.62 bits per heavy atom. The first-order chi connectivity index (χ1) is 6.33. The van der Waals surface area contributed by atoms with Crippen molar-refractivity contribution in [1.29, 1.82) is 0 Å². The second-order valence-electron chi connectivity index (χ2n) is 3.25. The summed E-state index contributed by atoms with van der Waals surface area (Å²) in [5, 5.41) is 2.14. The zero-order valence-electron chi connectivity index (χ0n) is 8.03. The molecule has 2 N–H and O–H groups in total. The number of rotatable bonds is 6. The third-order valence-corrected chi connectivity index (χ3v) is 4.11. The van der Waals surface area contributed by atoms with Gasteiger partial charge in [-0.3, -0.25) is 0 Å². The van der Waals surface area contributed by atoms with Crippen molar-refractivity contribution in [1.82, 2.24) is 0 Å². The lowest BCUT2D eigenvalue weighted by Gasteiger charge is -2.06. The van der Waals surface area contributed by atoms with Gasteiger partial charge < -0.3 is 5.73 Å². The zero-order valence-corrected chi connectivity index (χ0v) is 9.66. The molecular weight excluding hydrogens is 198 g/mol. The average molecular weight is 215 g/mol. The Hall–Kier alpha value is 0.01000. The highest BCUT2D eigenvalue weighted by Gasteiger charge is 1.99. The Morgan fingerprint density at radius 2 is 2.46 bits per heavy atom. The second-order valence-corrected chi connectivity index (χ2v) is 5.43. The van der Waals surface area contributed by atoms with E-state index >= 15 is 0 Å². The SMILES string of the molecule is CC(CN)CSCCc1cccs1. The predicted octanol–water partition coefficient (Wildman–Crippen LogP) is 2.62. The summed E-state index contributed by atoms with van der Waals surface area (Å²) in [7, 11) is 0. The first-order valence-electron chi connectivity index (χ1n) is 4.63. The van der Waals surface area contributed by atoms with Gasteiger partial charge in [-0.2, -0.15) is 11.8 Å². The molecule has 74 valence electrons. The first-order valence-corrected chi connectivity index (χ1v) is 6.66. The molecule has 1 nitrogen and oxygen atoms in total. The molecule has 1 rings (SSSR count). The molecule has 0 saturated carbocycles. The molecule has 0 aromatic carbocycles. The summed E-state index contributed by atoms with van der Waals surface area (Å²) in [6.07, 6.45) is 1.21. The monoisotopic (exact) mass is 215 g/mol. The average Bonchev–Trinajstić information content (AvgIpc) is 2.64. The Morgan fingerprint density at radius 3 is 3.08 bits per heavy atom. The fourth-order valence-electron chi connectivity index (χ4n) is 0.980. The lowest BCUT2D eigenvalue weighted by atomic mass is 10.2. The van der Waals surface area contributed by atoms with Gasteiger partial charge in [0.15, 0.2) is 0 Å². The molecule has 0 saturated heterocycles. The zero-order chi connectivity index (χ0) is 9.52. The number of aryl methyl sites for hydroxylation is 1. The number of thiophene rings is 1. The van der Waals surface area contributed by atoms with E-state index in [1.807, 2.05) is 23.1 Å². The topological polar surface area (TPSA) is 26.0 Å². The fraction of sp³-hybridized carbons (Fsp3) is 0.600. The van der Waals surface area contributed by atoms with Gasteiger partial charge in [0.1, 0.15) is 0 Å². The van der Waals surface area contributed by atoms with Crippen molar-refractivity contribution in [2.75, 3.05) is 18.1 Å². The first kappa shape index (κ1) is 11.1. The van der Waals surface area contributed by atoms with Gasteiger partial charge in [0.25, 0.3) is 0 Å². The minimum absolute atomic E-state index is 0.660. The molecule has 3 heteroatoms. The second kappa shape index (κ2) is 6.46. The largest absolute Gasteiger partial charge is 0.330 e. The van der Waals surface area contributed by atoms with Crippen LogP contribution in [0, 0.1) is 5.92 Å². The lowest BCUT2D eigenvalue weighted by molar-refractivity contribution is 0.675. The van der Waals surface area contributed by atoms with Crippen LogP contribution in [0.4, 0.5) is 0 Å². The van der Waals surface area contributed by atoms with Crippen LogP contribution >= 0.6 is 23.1 Å². The molecule has 0 bridgehead atoms. The molecule has 0 aliphatic carbocycles. The van der Waals surface area contributed by atoms with Crippen molar-refractivity contribution < 1.29 is 0 Å². The van der Waals surface area contributed by atoms with Crippen LogP contribution in [-0.2, 0) is 6.42 Å². The third kappa shape index (κ3) is 4.69. The van der Waals surface area contributed by atoms with Crippen LogP contribution in [0.1, 0.15) is 11.8 Å². The van der Waals surface area contributed by atoms with Gasteiger partial charge >= 0.3 is 0 Å². The van der Waals surface area contributed by atoms with E-state index in [1.54, 1.807) is 0 Å². The standard InChI is InChI=1S/C10H17NS2/c1-9(7-11)8-12-6-4-10-3-2-5-13-10/h2-3,5,9H,4,6-8,11H2,1H3. The van der Waals surface area contributed by atoms with E-state index in [-0.39, 0.29) is 0 Å². The summed E-state index contributed by atoms with van der Waals surface area (Å²) < 4.78 is 0. The van der Waals surface area contributed by atoms with E-state index < -0.39 is 0 Å². The summed E-state index contributed by atoms with van der Waals surface area (Å²) >= 11 is 3.86. The molecule has 0 radical (unpaired) electrons. The van der Waals surface area contributed by atoms with Gasteiger partial charge in [-0.05, 0) is 41.8 Å². The van der Waals surface area contributed by atoms with E-state index in [4.69, 9.17) is 5.73 Å². The molecule has 0 aliphatic heterocycles. The van der Waals surface area contributed by atoms with Crippen molar-refractivity contribution in [3.63, 3.8) is 0 Å². The van der Waals surface area contributed by atoms with Crippen LogP contribution in [-0.4, -0.2) is 18.1 Å². The van der Waals surface area contributed by atoms with Crippen molar-refractivity contribution >= 4 is 23.1 Å². The Labute approximate surface area is 88.7 Å². The highest BCUT2D eigenvalue weighted by Crippen LogP contribution is 2.14. The summed E-state index contributed by atoms with van der Waals surface area (Å²) in [6.45, 7) is 3.02. The lowest BCUT2D eigenvalue weighted by Crippen LogP contribution is -2.13. The smallest absolute Gasteiger partial charge is 0.00534 e. The highest BCUT2D eigenvalue weighted by molar-refractivity contribution is 7.99. The summed E-state index contributed by atoms with van der Waals surface area (Å²) in [5.74, 6) is 3.08. The molecule has 1 aromatic heterocycles. The van der Waals surface area contributed by atoms with Crippen LogP contribution in [0.2, 0.25) is 0 Å². The van der Waals surface area contributed by atoms with Crippen LogP contribution in [0.5, 0.6) is 0 Å². The van der Waals surface area contributed by atoms with E-state index in [0.717, 1.165) is 6.54 Å². The molecule has 1 aromatic rings. The maximum Gasteiger partial charge on any atom is 0.00534 e. The number of nitrogens with two attached hydrogens (primary N) is 1. The summed E-state index contributed by atoms with van der Waals surface area (Å²) in [6, 6.07) is 4.32. The quantitative estimate of drug-likeness (QED) is 0.738. The van der Waals surface area contributed by atoms with Crippen molar-refractivity contribution in [3.05, 3.63) is 22.4 Å². The molecule has 1 atom stereocenters. The molecule has 13 heavy (non-hydrogen) atoms. The molecule has 0 aliphatic rings. The maximum atomic E-state index is 5.54. The van der Waals surface area contributed by atoms with Crippen LogP contribution in [0.25, 0.3) is 0 Å². The molecule has 1 heterocycles. The molecule has 1 unspecified atom stereocenters. The molecule has 0 spiro atoms. The maximum absolute atomic E-state index is 5.54. The van der Waals surface area contributed by atoms with Crippen LogP contribution in [0.3, 0.4) is 0 Å². The summed E-state index contributed by atoms with van der Waals surface area (Å²) in [4.78, 5) is 1.49. The normalized spacial score (nSPS) is 13.1. The molecular formula is C10H17NS2. The number of thioether (sulfide) groups is 1. The van der Waals surface area contributed by atoms with E-state index in [9.17, 15) is 0 Å². The Kier molecular flexibility index (Phi) is 5.51. The highest BCUT2D eigenvalue weighted by atomic mass is 32.2. The Bertz CT molecular complexity index is 209. The van der Waals surface area contributed by atoms with Gasteiger partial charge in [-0.25, -0.2) is 0 Å². The van der Waals surface area contributed by atoms with Crippen molar-refractivity contribution in [2.24, 2.45) is 11.7 Å². The van der Waals surface area contributed by atoms with E-state index in [2.05, 4.69) is 24.4 Å². The minimum atomic E-state index is 0.660. The number of hydrogen-bond acceptors (Lipinski definition) is 3. The third-order valence-electron chi connectivity index (χ3n) is 1.88. The number of hydrogen-bond donors (Lipinski definition) is 1. The van der Waals surface area contributed by atoms with Crippen LogP contribution in [0.15, 0.2) is 17.5 Å². The van der Waals surface area contributed by atoms with E-state index in [0.29, 0.717) is 5.92 Å². The minimum Gasteiger partial charge on any atom is -0.330 e. The van der Waals surface area contributed by atoms with Gasteiger partial charge in [0.05, 0.1) is 0 Å². The fourth-order valence-corrected chi connectivity index (χ4v) is 2.89. The predicted molar refractivity (Wildman–Crippen MR) is 63.6 cm³/mol. The van der Waals surface area contributed by atoms with Crippen molar-refractivity contribution in [2.45, 2.75) is 13.3 Å². The van der Waals surface area contributed by atoms with Gasteiger partial charge in [-0.15, -0.1) is 11.3 Å². The van der Waals surface area contributed by atoms with E-state index in [1.165, 1.54) is 22.8 Å². The van der Waals surface area contributed by atoms with Crippen molar-refractivity contribution in [3.8, 4) is 0 Å². The van der Waals surface area contributed by atoms with Gasteiger partial charge in [0, 0.05) is 4.88 Å². The Balaban J connectivity index is 2.02. The van der Waals surface area contributed by atoms with Gasteiger partial charge in [0.2, 0.25) is 0 Å². The summed E-state index contributed by atoms with van der Waals surface area (Å²) in [5.41, 5.74) is 5.54. The molecule has 0 amide bonds.